The van der Waals surface area contributed by atoms with Crippen molar-refractivity contribution in [3.8, 4) is 0 Å². The van der Waals surface area contributed by atoms with Gasteiger partial charge in [0.1, 0.15) is 0 Å². The van der Waals surface area contributed by atoms with E-state index in [0.717, 1.165) is 0 Å². The molecule has 0 amide bonds. The molecule has 0 N–H and O–H groups in total. The number of rotatable bonds is 22. The molecule has 0 aromatic carbocycles. The lowest BCUT2D eigenvalue weighted by molar-refractivity contribution is -0.126. The lowest BCUT2D eigenvalue weighted by Gasteiger charge is -2.22. The van der Waals surface area contributed by atoms with E-state index < -0.39 is 0 Å². The molecule has 0 spiro atoms. The maximum Gasteiger partial charge on any atom is 0.292 e. The molecular formula is C26H55NO2. The Kier molecular flexibility index (Phi) is 31.3. The molecule has 0 bridgehead atoms. The van der Waals surface area contributed by atoms with E-state index in [-0.39, 0.29) is 0 Å². The highest BCUT2D eigenvalue weighted by molar-refractivity contribution is 5.36. The standard InChI is InChI=1S/C24H51N.C2H4O2/c1-4-7-10-13-16-19-22-25(23-20-17-14-11-8-5-2)24-21-18-15-12-9-6-3;1-4-2-3/h4-24H2,1-3H3;2H,1H3. The Morgan fingerprint density at radius 1 is 0.517 bits per heavy atom. The van der Waals surface area contributed by atoms with Crippen LogP contribution in [0.2, 0.25) is 0 Å². The Balaban J connectivity index is 0. The quantitative estimate of drug-likeness (QED) is 0.132. The summed E-state index contributed by atoms with van der Waals surface area (Å²) in [6, 6.07) is 0. The molecule has 176 valence electrons. The minimum absolute atomic E-state index is 0.375. The first-order chi connectivity index (χ1) is 14.3. The fourth-order valence-corrected chi connectivity index (χ4v) is 3.68. The number of methoxy groups -OCH3 is 1. The molecule has 0 fully saturated rings. The first kappa shape index (κ1) is 30.6. The predicted octanol–water partition coefficient (Wildman–Crippen LogP) is 8.16. The van der Waals surface area contributed by atoms with Gasteiger partial charge >= 0.3 is 0 Å². The van der Waals surface area contributed by atoms with Crippen molar-refractivity contribution in [3.05, 3.63) is 0 Å². The number of carbonyl (C=O) groups excluding carboxylic acids is 1. The van der Waals surface area contributed by atoms with Gasteiger partial charge in [-0.15, -0.1) is 0 Å². The van der Waals surface area contributed by atoms with Crippen molar-refractivity contribution < 1.29 is 9.53 Å². The van der Waals surface area contributed by atoms with Gasteiger partial charge in [0.05, 0.1) is 7.11 Å². The first-order valence-electron chi connectivity index (χ1n) is 12.9. The van der Waals surface area contributed by atoms with E-state index >= 15 is 0 Å². The zero-order chi connectivity index (χ0) is 21.8. The van der Waals surface area contributed by atoms with Crippen molar-refractivity contribution in [3.63, 3.8) is 0 Å². The van der Waals surface area contributed by atoms with Crippen LogP contribution in [-0.4, -0.2) is 38.1 Å². The van der Waals surface area contributed by atoms with Gasteiger partial charge in [-0.25, -0.2) is 0 Å². The SMILES string of the molecule is CCCCCCCCN(CCCCCCCC)CCCCCCCC.COC=O. The van der Waals surface area contributed by atoms with E-state index in [1.165, 1.54) is 142 Å². The molecule has 3 heteroatoms. The number of hydrogen-bond acceptors (Lipinski definition) is 3. The van der Waals surface area contributed by atoms with Crippen molar-refractivity contribution in [1.29, 1.82) is 0 Å². The number of unbranched alkanes of at least 4 members (excludes halogenated alkanes) is 15. The van der Waals surface area contributed by atoms with Gasteiger partial charge < -0.3 is 9.64 Å². The molecule has 0 saturated heterocycles. The largest absolute Gasteiger partial charge is 0.471 e. The molecule has 0 rings (SSSR count). The van der Waals surface area contributed by atoms with Crippen LogP contribution in [0.4, 0.5) is 0 Å². The summed E-state index contributed by atoms with van der Waals surface area (Å²) >= 11 is 0. The topological polar surface area (TPSA) is 29.5 Å². The number of nitrogens with zero attached hydrogens (tertiary/aromatic N) is 1. The van der Waals surface area contributed by atoms with E-state index in [2.05, 4.69) is 30.4 Å². The first-order valence-corrected chi connectivity index (χ1v) is 12.9. The van der Waals surface area contributed by atoms with Gasteiger partial charge in [-0.05, 0) is 38.9 Å². The van der Waals surface area contributed by atoms with Gasteiger partial charge in [0, 0.05) is 0 Å². The molecule has 0 atom stereocenters. The molecule has 0 aromatic rings. The van der Waals surface area contributed by atoms with Crippen LogP contribution in [0.1, 0.15) is 136 Å². The second-order valence-corrected chi connectivity index (χ2v) is 8.48. The molecule has 3 nitrogen and oxygen atoms in total. The summed E-state index contributed by atoms with van der Waals surface area (Å²) in [5.41, 5.74) is 0. The van der Waals surface area contributed by atoms with Crippen LogP contribution in [-0.2, 0) is 9.53 Å². The number of ether oxygens (including phenoxy) is 1. The van der Waals surface area contributed by atoms with Crippen LogP contribution in [0.25, 0.3) is 0 Å². The molecule has 0 radical (unpaired) electrons. The van der Waals surface area contributed by atoms with Crippen LogP contribution >= 0.6 is 0 Å². The van der Waals surface area contributed by atoms with E-state index in [0.29, 0.717) is 6.47 Å². The summed E-state index contributed by atoms with van der Waals surface area (Å²) in [5.74, 6) is 0. The predicted molar refractivity (Wildman–Crippen MR) is 130 cm³/mol. The molecule has 0 unspecified atom stereocenters. The second kappa shape index (κ2) is 29.6. The van der Waals surface area contributed by atoms with Crippen LogP contribution in [0, 0.1) is 0 Å². The van der Waals surface area contributed by atoms with E-state index in [1.807, 2.05) is 0 Å². The van der Waals surface area contributed by atoms with Gasteiger partial charge in [0.2, 0.25) is 0 Å². The maximum atomic E-state index is 8.95. The summed E-state index contributed by atoms with van der Waals surface area (Å²) < 4.78 is 3.86. The average Bonchev–Trinajstić information content (AvgIpc) is 2.75. The molecule has 0 saturated carbocycles. The lowest BCUT2D eigenvalue weighted by atomic mass is 10.1. The van der Waals surface area contributed by atoms with Crippen molar-refractivity contribution >= 4 is 6.47 Å². The third-order valence-corrected chi connectivity index (χ3v) is 5.58. The minimum Gasteiger partial charge on any atom is -0.471 e. The Labute approximate surface area is 184 Å². The third kappa shape index (κ3) is 29.7. The third-order valence-electron chi connectivity index (χ3n) is 5.58. The maximum absolute atomic E-state index is 8.95. The Bertz CT molecular complexity index is 246. The Morgan fingerprint density at radius 3 is 1.00 bits per heavy atom. The zero-order valence-electron chi connectivity index (χ0n) is 20.7. The number of hydrogen-bond donors (Lipinski definition) is 0. The summed E-state index contributed by atoms with van der Waals surface area (Å²) in [6.45, 7) is 11.4. The van der Waals surface area contributed by atoms with E-state index in [1.54, 1.807) is 0 Å². The molecule has 29 heavy (non-hydrogen) atoms. The van der Waals surface area contributed by atoms with Gasteiger partial charge in [-0.1, -0.05) is 117 Å². The molecule has 0 heterocycles. The summed E-state index contributed by atoms with van der Waals surface area (Å²) in [4.78, 5) is 11.7. The van der Waals surface area contributed by atoms with Crippen molar-refractivity contribution in [2.24, 2.45) is 0 Å². The summed E-state index contributed by atoms with van der Waals surface area (Å²) in [7, 11) is 1.31. The Morgan fingerprint density at radius 2 is 0.759 bits per heavy atom. The zero-order valence-corrected chi connectivity index (χ0v) is 20.7. The molecule has 0 aliphatic rings. The fraction of sp³-hybridized carbons (Fsp3) is 0.962. The van der Waals surface area contributed by atoms with E-state index in [9.17, 15) is 0 Å². The van der Waals surface area contributed by atoms with Crippen molar-refractivity contribution in [2.75, 3.05) is 26.7 Å². The van der Waals surface area contributed by atoms with E-state index in [4.69, 9.17) is 4.79 Å². The van der Waals surface area contributed by atoms with Gasteiger partial charge in [0.15, 0.2) is 0 Å². The van der Waals surface area contributed by atoms with Crippen molar-refractivity contribution in [1.82, 2.24) is 4.90 Å². The second-order valence-electron chi connectivity index (χ2n) is 8.48. The van der Waals surface area contributed by atoms with Crippen LogP contribution in [0.5, 0.6) is 0 Å². The number of carbonyl (C=O) groups is 1. The highest BCUT2D eigenvalue weighted by atomic mass is 16.5. The van der Waals surface area contributed by atoms with Gasteiger partial charge in [-0.3, -0.25) is 4.79 Å². The monoisotopic (exact) mass is 413 g/mol. The molecule has 0 aromatic heterocycles. The molecule has 0 aliphatic heterocycles. The lowest BCUT2D eigenvalue weighted by Crippen LogP contribution is -2.27. The highest BCUT2D eigenvalue weighted by Gasteiger charge is 2.05. The minimum atomic E-state index is 0.375. The van der Waals surface area contributed by atoms with Gasteiger partial charge in [-0.2, -0.15) is 0 Å². The summed E-state index contributed by atoms with van der Waals surface area (Å²) in [5, 5.41) is 0. The molecule has 0 aliphatic carbocycles. The van der Waals surface area contributed by atoms with Crippen LogP contribution < -0.4 is 0 Å². The highest BCUT2D eigenvalue weighted by Crippen LogP contribution is 2.11. The van der Waals surface area contributed by atoms with Crippen LogP contribution in [0.15, 0.2) is 0 Å². The fourth-order valence-electron chi connectivity index (χ4n) is 3.68. The molecular weight excluding hydrogens is 358 g/mol. The van der Waals surface area contributed by atoms with Crippen LogP contribution in [0.3, 0.4) is 0 Å². The normalized spacial score (nSPS) is 10.7. The van der Waals surface area contributed by atoms with Crippen molar-refractivity contribution in [2.45, 2.75) is 136 Å². The average molecular weight is 414 g/mol. The smallest absolute Gasteiger partial charge is 0.292 e. The summed E-state index contributed by atoms with van der Waals surface area (Å²) in [6.07, 6.45) is 25.7. The van der Waals surface area contributed by atoms with Gasteiger partial charge in [0.25, 0.3) is 6.47 Å². The Hall–Kier alpha value is -0.570.